The summed E-state index contributed by atoms with van der Waals surface area (Å²) in [5.41, 5.74) is 3.58. The molecule has 0 aromatic carbocycles. The molecule has 2 rings (SSSR count). The molecule has 0 bridgehead atoms. The lowest BCUT2D eigenvalue weighted by molar-refractivity contribution is -0.386. The van der Waals surface area contributed by atoms with E-state index >= 15 is 0 Å². The fourth-order valence-electron chi connectivity index (χ4n) is 2.54. The maximum atomic E-state index is 13.8. The van der Waals surface area contributed by atoms with Crippen molar-refractivity contribution < 1.29 is 14.1 Å². The number of amides is 1. The largest absolute Gasteiger partial charge is 0.312 e. The Labute approximate surface area is 148 Å². The summed E-state index contributed by atoms with van der Waals surface area (Å²) in [7, 11) is 1.47. The minimum Gasteiger partial charge on any atom is -0.273 e. The first kappa shape index (κ1) is 19.2. The van der Waals surface area contributed by atoms with Crippen molar-refractivity contribution in [3.05, 3.63) is 38.7 Å². The predicted octanol–water partition coefficient (Wildman–Crippen LogP) is 1.38. The molecule has 2 heterocycles. The van der Waals surface area contributed by atoms with Crippen LogP contribution in [0.3, 0.4) is 0 Å². The number of nitro groups is 1. The normalized spacial score (nSPS) is 12.5. The third-order valence-electron chi connectivity index (χ3n) is 3.98. The Morgan fingerprint density at radius 3 is 2.54 bits per heavy atom. The molecule has 0 fully saturated rings. The number of rotatable bonds is 6. The Morgan fingerprint density at radius 1 is 1.38 bits per heavy atom. The molecule has 1 amide bonds. The Kier molecular flexibility index (Phi) is 5.48. The molecule has 140 valence electrons. The van der Waals surface area contributed by atoms with Crippen LogP contribution in [0.2, 0.25) is 0 Å². The van der Waals surface area contributed by atoms with Crippen LogP contribution in [0.1, 0.15) is 29.6 Å². The zero-order valence-electron chi connectivity index (χ0n) is 15.1. The second-order valence-corrected chi connectivity index (χ2v) is 6.01. The van der Waals surface area contributed by atoms with Gasteiger partial charge in [0, 0.05) is 7.05 Å². The fraction of sp³-hybridized carbons (Fsp3) is 0.467. The quantitative estimate of drug-likeness (QED) is 0.471. The Bertz CT molecular complexity index is 884. The number of nitrogens with one attached hydrogen (secondary N) is 1. The molecule has 0 saturated heterocycles. The van der Waals surface area contributed by atoms with E-state index in [1.54, 1.807) is 27.7 Å². The molecular weight excluding hydrogens is 345 g/mol. The van der Waals surface area contributed by atoms with Crippen LogP contribution in [0.5, 0.6) is 0 Å². The van der Waals surface area contributed by atoms with E-state index in [9.17, 15) is 19.3 Å². The molecule has 1 atom stereocenters. The van der Waals surface area contributed by atoms with Gasteiger partial charge in [0.25, 0.3) is 0 Å². The van der Waals surface area contributed by atoms with Gasteiger partial charge in [0.2, 0.25) is 11.9 Å². The molecule has 0 radical (unpaired) electrons. The van der Waals surface area contributed by atoms with E-state index in [0.29, 0.717) is 17.1 Å². The number of hydrazone groups is 1. The molecule has 0 unspecified atom stereocenters. The number of carbonyl (C=O) groups excluding carboxylic acids is 1. The number of carbonyl (C=O) groups is 1. The van der Waals surface area contributed by atoms with Gasteiger partial charge in [0.05, 0.1) is 34.9 Å². The molecular formula is C15H20FN7O3. The van der Waals surface area contributed by atoms with E-state index in [2.05, 4.69) is 20.7 Å². The van der Waals surface area contributed by atoms with Gasteiger partial charge in [-0.05, 0) is 20.8 Å². The van der Waals surface area contributed by atoms with Crippen molar-refractivity contribution in [2.45, 2.75) is 34.2 Å². The number of hydrogen-bond acceptors (Lipinski definition) is 6. The standard InChI is InChI=1S/C15H20FN7O3/c1-8(7-22-11(4)13(23(25)26)10(3)20-22)15(24)18-17-6-12-9(2)19-21(5)14(12)16/h6,8H,7H2,1-5H3,(H,18,24)/b17-6-/t8-/m1/s1. The lowest BCUT2D eigenvalue weighted by Crippen LogP contribution is -2.28. The maximum absolute atomic E-state index is 13.8. The highest BCUT2D eigenvalue weighted by atomic mass is 19.1. The van der Waals surface area contributed by atoms with Crippen molar-refractivity contribution in [3.8, 4) is 0 Å². The molecule has 11 heteroatoms. The Hall–Kier alpha value is -3.11. The van der Waals surface area contributed by atoms with Gasteiger partial charge in [-0.15, -0.1) is 0 Å². The predicted molar refractivity (Wildman–Crippen MR) is 91.2 cm³/mol. The van der Waals surface area contributed by atoms with Crippen LogP contribution in [0.4, 0.5) is 10.1 Å². The van der Waals surface area contributed by atoms with Crippen LogP contribution in [0.15, 0.2) is 5.10 Å². The number of nitrogens with zero attached hydrogens (tertiary/aromatic N) is 6. The smallest absolute Gasteiger partial charge is 0.273 e. The first-order valence-electron chi connectivity index (χ1n) is 7.83. The van der Waals surface area contributed by atoms with Gasteiger partial charge in [0.15, 0.2) is 0 Å². The first-order valence-corrected chi connectivity index (χ1v) is 7.83. The summed E-state index contributed by atoms with van der Waals surface area (Å²) in [5.74, 6) is -1.52. The van der Waals surface area contributed by atoms with Gasteiger partial charge >= 0.3 is 5.69 Å². The fourth-order valence-corrected chi connectivity index (χ4v) is 2.54. The highest BCUT2D eigenvalue weighted by Gasteiger charge is 2.24. The van der Waals surface area contributed by atoms with Crippen LogP contribution in [-0.4, -0.2) is 36.6 Å². The number of hydrogen-bond donors (Lipinski definition) is 1. The minimum absolute atomic E-state index is 0.0573. The molecule has 0 aliphatic heterocycles. The molecule has 26 heavy (non-hydrogen) atoms. The summed E-state index contributed by atoms with van der Waals surface area (Å²) in [5, 5.41) is 22.8. The van der Waals surface area contributed by atoms with Gasteiger partial charge in [-0.2, -0.15) is 19.7 Å². The lowest BCUT2D eigenvalue weighted by Gasteiger charge is -2.10. The molecule has 2 aromatic heterocycles. The van der Waals surface area contributed by atoms with Crippen molar-refractivity contribution >= 4 is 17.8 Å². The van der Waals surface area contributed by atoms with Gasteiger partial charge in [-0.25, -0.2) is 10.1 Å². The maximum Gasteiger partial charge on any atom is 0.312 e. The summed E-state index contributed by atoms with van der Waals surface area (Å²) >= 11 is 0. The third kappa shape index (κ3) is 3.76. The van der Waals surface area contributed by atoms with E-state index in [1.807, 2.05) is 0 Å². The molecule has 10 nitrogen and oxygen atoms in total. The van der Waals surface area contributed by atoms with Gasteiger partial charge in [0.1, 0.15) is 11.4 Å². The number of halogens is 1. The highest BCUT2D eigenvalue weighted by Crippen LogP contribution is 2.22. The molecule has 1 N–H and O–H groups in total. The van der Waals surface area contributed by atoms with E-state index in [-0.39, 0.29) is 17.8 Å². The average molecular weight is 365 g/mol. The van der Waals surface area contributed by atoms with Crippen molar-refractivity contribution in [1.29, 1.82) is 0 Å². The Morgan fingerprint density at radius 2 is 2.04 bits per heavy atom. The van der Waals surface area contributed by atoms with Crippen LogP contribution < -0.4 is 5.43 Å². The van der Waals surface area contributed by atoms with Crippen LogP contribution >= 0.6 is 0 Å². The van der Waals surface area contributed by atoms with E-state index in [1.165, 1.54) is 17.9 Å². The first-order chi connectivity index (χ1) is 12.1. The second-order valence-electron chi connectivity index (χ2n) is 6.01. The van der Waals surface area contributed by atoms with Gasteiger partial charge in [-0.3, -0.25) is 19.6 Å². The van der Waals surface area contributed by atoms with Crippen molar-refractivity contribution in [2.75, 3.05) is 0 Å². The summed E-state index contributed by atoms with van der Waals surface area (Å²) in [4.78, 5) is 22.7. The van der Waals surface area contributed by atoms with Crippen LogP contribution in [0, 0.1) is 42.8 Å². The number of aryl methyl sites for hydroxylation is 3. The Balaban J connectivity index is 2.03. The second kappa shape index (κ2) is 7.42. The van der Waals surface area contributed by atoms with Crippen molar-refractivity contribution in [1.82, 2.24) is 25.0 Å². The summed E-state index contributed by atoms with van der Waals surface area (Å²) in [6.07, 6.45) is 1.19. The SMILES string of the molecule is Cc1nn(C)c(F)c1/C=N\NC(=O)[C@H](C)Cn1nc(C)c([N+](=O)[O-])c1C. The minimum atomic E-state index is -0.552. The lowest BCUT2D eigenvalue weighted by atomic mass is 10.1. The molecule has 0 saturated carbocycles. The van der Waals surface area contributed by atoms with Crippen LogP contribution in [0.25, 0.3) is 0 Å². The molecule has 0 aliphatic rings. The third-order valence-corrected chi connectivity index (χ3v) is 3.98. The molecule has 0 aliphatic carbocycles. The van der Waals surface area contributed by atoms with E-state index in [0.717, 1.165) is 4.68 Å². The number of aromatic nitrogens is 4. The molecule has 0 spiro atoms. The monoisotopic (exact) mass is 365 g/mol. The zero-order valence-corrected chi connectivity index (χ0v) is 15.1. The highest BCUT2D eigenvalue weighted by molar-refractivity contribution is 5.84. The van der Waals surface area contributed by atoms with Crippen molar-refractivity contribution in [2.24, 2.45) is 18.1 Å². The zero-order chi connectivity index (χ0) is 19.6. The van der Waals surface area contributed by atoms with E-state index in [4.69, 9.17) is 0 Å². The van der Waals surface area contributed by atoms with Crippen molar-refractivity contribution in [3.63, 3.8) is 0 Å². The summed E-state index contributed by atoms with van der Waals surface area (Å²) < 4.78 is 16.3. The average Bonchev–Trinajstić information content (AvgIpc) is 2.96. The topological polar surface area (TPSA) is 120 Å². The van der Waals surface area contributed by atoms with Gasteiger partial charge < -0.3 is 0 Å². The van der Waals surface area contributed by atoms with Gasteiger partial charge in [-0.1, -0.05) is 6.92 Å². The van der Waals surface area contributed by atoms with E-state index < -0.39 is 22.7 Å². The molecule has 2 aromatic rings. The van der Waals surface area contributed by atoms with Crippen LogP contribution in [-0.2, 0) is 18.4 Å². The summed E-state index contributed by atoms with van der Waals surface area (Å²) in [6.45, 7) is 6.55. The summed E-state index contributed by atoms with van der Waals surface area (Å²) in [6, 6.07) is 0.